The molecule has 18 heavy (non-hydrogen) atoms. The van der Waals surface area contributed by atoms with Crippen molar-refractivity contribution in [2.45, 2.75) is 5.88 Å². The number of aromatic nitrogens is 1. The summed E-state index contributed by atoms with van der Waals surface area (Å²) in [5.41, 5.74) is 0.907. The van der Waals surface area contributed by atoms with Crippen LogP contribution in [-0.2, 0) is 5.88 Å². The molecule has 0 fully saturated rings. The third-order valence-electron chi connectivity index (χ3n) is 2.14. The Morgan fingerprint density at radius 1 is 1.00 bits per heavy atom. The first-order valence-corrected chi connectivity index (χ1v) is 6.60. The van der Waals surface area contributed by atoms with Gasteiger partial charge in [0.25, 0.3) is 0 Å². The molecule has 1 aromatic carbocycles. The first-order chi connectivity index (χ1) is 8.60. The highest BCUT2D eigenvalue weighted by Gasteiger charge is 2.08. The van der Waals surface area contributed by atoms with Crippen LogP contribution in [0, 0.1) is 0 Å². The summed E-state index contributed by atoms with van der Waals surface area (Å²) in [5, 5.41) is 1.11. The van der Waals surface area contributed by atoms with Gasteiger partial charge in [-0.1, -0.05) is 40.9 Å². The van der Waals surface area contributed by atoms with Crippen molar-refractivity contribution in [3.63, 3.8) is 0 Å². The minimum Gasteiger partial charge on any atom is -0.437 e. The van der Waals surface area contributed by atoms with E-state index in [0.29, 0.717) is 32.6 Å². The fraction of sp³-hybridized carbons (Fsp3) is 0.0833. The van der Waals surface area contributed by atoms with Crippen LogP contribution in [-0.4, -0.2) is 4.98 Å². The van der Waals surface area contributed by atoms with E-state index in [1.807, 2.05) is 6.07 Å². The molecule has 2 rings (SSSR count). The minimum absolute atomic E-state index is 0.368. The highest BCUT2D eigenvalue weighted by atomic mass is 35.5. The van der Waals surface area contributed by atoms with Crippen LogP contribution in [0.2, 0.25) is 15.1 Å². The molecule has 0 aliphatic carbocycles. The summed E-state index contributed by atoms with van der Waals surface area (Å²) < 4.78 is 5.52. The Morgan fingerprint density at radius 3 is 2.33 bits per heavy atom. The maximum absolute atomic E-state index is 5.99. The topological polar surface area (TPSA) is 22.1 Å². The van der Waals surface area contributed by atoms with Crippen molar-refractivity contribution in [1.82, 2.24) is 4.98 Å². The van der Waals surface area contributed by atoms with Gasteiger partial charge in [-0.3, -0.25) is 0 Å². The highest BCUT2D eigenvalue weighted by Crippen LogP contribution is 2.35. The Labute approximate surface area is 124 Å². The molecule has 2 nitrogen and oxygen atoms in total. The van der Waals surface area contributed by atoms with Gasteiger partial charge in [0.2, 0.25) is 5.88 Å². The summed E-state index contributed by atoms with van der Waals surface area (Å²) in [6.45, 7) is 0. The molecule has 0 aliphatic heterocycles. The van der Waals surface area contributed by atoms with Gasteiger partial charge in [0.05, 0.1) is 15.1 Å². The number of alkyl halides is 1. The van der Waals surface area contributed by atoms with Crippen molar-refractivity contribution in [2.24, 2.45) is 0 Å². The lowest BCUT2D eigenvalue weighted by Gasteiger charge is -2.08. The molecule has 0 spiro atoms. The van der Waals surface area contributed by atoms with Crippen molar-refractivity contribution in [2.75, 3.05) is 0 Å². The molecule has 2 aromatic rings. The molecule has 0 saturated heterocycles. The SMILES string of the molecule is ClCc1ccc(Oc2cc(Cl)c(Cl)cc2Cl)nc1. The van der Waals surface area contributed by atoms with E-state index in [1.165, 1.54) is 6.07 Å². The van der Waals surface area contributed by atoms with Crippen LogP contribution in [0.15, 0.2) is 30.5 Å². The molecule has 94 valence electrons. The molecule has 0 bridgehead atoms. The molecule has 0 unspecified atom stereocenters. The number of hydrogen-bond donors (Lipinski definition) is 0. The zero-order valence-corrected chi connectivity index (χ0v) is 12.0. The number of rotatable bonds is 3. The average Bonchev–Trinajstić information content (AvgIpc) is 2.37. The van der Waals surface area contributed by atoms with E-state index in [0.717, 1.165) is 5.56 Å². The molecular weight excluding hydrogens is 316 g/mol. The third-order valence-corrected chi connectivity index (χ3v) is 3.47. The van der Waals surface area contributed by atoms with Crippen LogP contribution in [0.5, 0.6) is 11.6 Å². The van der Waals surface area contributed by atoms with Gasteiger partial charge in [0.1, 0.15) is 5.75 Å². The van der Waals surface area contributed by atoms with Crippen molar-refractivity contribution in [3.05, 3.63) is 51.1 Å². The van der Waals surface area contributed by atoms with E-state index < -0.39 is 0 Å². The van der Waals surface area contributed by atoms with E-state index in [2.05, 4.69) is 4.98 Å². The zero-order valence-electron chi connectivity index (χ0n) is 8.96. The second kappa shape index (κ2) is 5.98. The number of ether oxygens (including phenoxy) is 1. The Bertz CT molecular complexity index is 557. The summed E-state index contributed by atoms with van der Waals surface area (Å²) in [7, 11) is 0. The molecule has 0 amide bonds. The van der Waals surface area contributed by atoms with Crippen molar-refractivity contribution in [3.8, 4) is 11.6 Å². The molecule has 0 N–H and O–H groups in total. The predicted octanol–water partition coefficient (Wildman–Crippen LogP) is 5.57. The van der Waals surface area contributed by atoms with Crippen LogP contribution in [0.3, 0.4) is 0 Å². The predicted molar refractivity (Wildman–Crippen MR) is 75.3 cm³/mol. The number of nitrogens with zero attached hydrogens (tertiary/aromatic N) is 1. The van der Waals surface area contributed by atoms with Crippen molar-refractivity contribution in [1.29, 1.82) is 0 Å². The van der Waals surface area contributed by atoms with Gasteiger partial charge >= 0.3 is 0 Å². The van der Waals surface area contributed by atoms with Gasteiger partial charge in [-0.2, -0.15) is 0 Å². The summed E-state index contributed by atoms with van der Waals surface area (Å²) in [4.78, 5) is 4.10. The number of hydrogen-bond acceptors (Lipinski definition) is 2. The number of pyridine rings is 1. The minimum atomic E-state index is 0.368. The lowest BCUT2D eigenvalue weighted by atomic mass is 10.3. The molecular formula is C12H7Cl4NO. The summed E-state index contributed by atoms with van der Waals surface area (Å²) in [6, 6.07) is 6.59. The highest BCUT2D eigenvalue weighted by molar-refractivity contribution is 6.43. The Morgan fingerprint density at radius 2 is 1.72 bits per heavy atom. The molecule has 0 radical (unpaired) electrons. The molecule has 1 heterocycles. The second-order valence-corrected chi connectivity index (χ2v) is 4.93. The summed E-state index contributed by atoms with van der Waals surface area (Å²) in [6.07, 6.45) is 1.63. The fourth-order valence-corrected chi connectivity index (χ4v) is 1.98. The lowest BCUT2D eigenvalue weighted by molar-refractivity contribution is 0.463. The molecule has 6 heteroatoms. The summed E-state index contributed by atoms with van der Waals surface area (Å²) in [5.74, 6) is 1.21. The first kappa shape index (κ1) is 13.8. The second-order valence-electron chi connectivity index (χ2n) is 3.44. The normalized spacial score (nSPS) is 10.4. The van der Waals surface area contributed by atoms with Gasteiger partial charge in [0, 0.05) is 24.2 Å². The van der Waals surface area contributed by atoms with Gasteiger partial charge in [-0.05, 0) is 11.6 Å². The smallest absolute Gasteiger partial charge is 0.219 e. The quantitative estimate of drug-likeness (QED) is 0.544. The maximum atomic E-state index is 5.99. The van der Waals surface area contributed by atoms with Crippen LogP contribution >= 0.6 is 46.4 Å². The van der Waals surface area contributed by atoms with Crippen LogP contribution < -0.4 is 4.74 Å². The summed E-state index contributed by atoms with van der Waals surface area (Å²) >= 11 is 23.4. The van der Waals surface area contributed by atoms with Gasteiger partial charge < -0.3 is 4.74 Å². The Kier molecular flexibility index (Phi) is 4.57. The van der Waals surface area contributed by atoms with E-state index in [1.54, 1.807) is 18.3 Å². The fourth-order valence-electron chi connectivity index (χ4n) is 1.25. The van der Waals surface area contributed by atoms with Crippen LogP contribution in [0.25, 0.3) is 0 Å². The largest absolute Gasteiger partial charge is 0.437 e. The zero-order chi connectivity index (χ0) is 13.1. The molecule has 0 aliphatic rings. The van der Waals surface area contributed by atoms with Gasteiger partial charge in [-0.15, -0.1) is 11.6 Å². The third kappa shape index (κ3) is 3.21. The van der Waals surface area contributed by atoms with Gasteiger partial charge in [-0.25, -0.2) is 4.98 Å². The van der Waals surface area contributed by atoms with E-state index >= 15 is 0 Å². The standard InChI is InChI=1S/C12H7Cl4NO/c13-5-7-1-2-12(17-6-7)18-11-4-9(15)8(14)3-10(11)16/h1-4,6H,5H2. The van der Waals surface area contributed by atoms with Crippen LogP contribution in [0.1, 0.15) is 5.56 Å². The van der Waals surface area contributed by atoms with Gasteiger partial charge in [0.15, 0.2) is 0 Å². The van der Waals surface area contributed by atoms with Crippen LogP contribution in [0.4, 0.5) is 0 Å². The van der Waals surface area contributed by atoms with E-state index in [-0.39, 0.29) is 0 Å². The first-order valence-electron chi connectivity index (χ1n) is 4.93. The number of halogens is 4. The lowest BCUT2D eigenvalue weighted by Crippen LogP contribution is -1.90. The van der Waals surface area contributed by atoms with Crippen molar-refractivity contribution >= 4 is 46.4 Å². The molecule has 0 atom stereocenters. The molecule has 1 aromatic heterocycles. The van der Waals surface area contributed by atoms with E-state index in [4.69, 9.17) is 51.1 Å². The average molecular weight is 323 g/mol. The number of benzene rings is 1. The Hall–Kier alpha value is -0.670. The molecule has 0 saturated carbocycles. The van der Waals surface area contributed by atoms with E-state index in [9.17, 15) is 0 Å². The van der Waals surface area contributed by atoms with Crippen molar-refractivity contribution < 1.29 is 4.74 Å². The Balaban J connectivity index is 2.25. The maximum Gasteiger partial charge on any atom is 0.219 e. The monoisotopic (exact) mass is 321 g/mol.